The Bertz CT molecular complexity index is 1270. The summed E-state index contributed by atoms with van der Waals surface area (Å²) in [5.74, 6) is 0.323. The number of alkyl halides is 3. The first-order chi connectivity index (χ1) is 18.0. The second-order valence-corrected chi connectivity index (χ2v) is 9.34. The summed E-state index contributed by atoms with van der Waals surface area (Å²) in [5, 5.41) is 0.385. The number of fused-ring (bicyclic) bond motifs is 1. The minimum atomic E-state index is -4.46. The van der Waals surface area contributed by atoms with Gasteiger partial charge in [-0.3, -0.25) is 4.98 Å². The summed E-state index contributed by atoms with van der Waals surface area (Å²) in [6, 6.07) is 7.94. The molecule has 0 unspecified atom stereocenters. The van der Waals surface area contributed by atoms with E-state index in [-0.39, 0.29) is 43.3 Å². The van der Waals surface area contributed by atoms with Gasteiger partial charge in [0.2, 0.25) is 0 Å². The summed E-state index contributed by atoms with van der Waals surface area (Å²) in [5.41, 5.74) is 2.16. The number of para-hydroxylation sites is 2. The van der Waals surface area contributed by atoms with Crippen LogP contribution in [0.2, 0.25) is 0 Å². The first-order valence-corrected chi connectivity index (χ1v) is 12.8. The van der Waals surface area contributed by atoms with Gasteiger partial charge in [0.05, 0.1) is 29.9 Å². The number of benzene rings is 1. The minimum Gasteiger partial charge on any atom is -0.484 e. The summed E-state index contributed by atoms with van der Waals surface area (Å²) >= 11 is 1.22. The molecular formula is C25H29F3N4O5S. The summed E-state index contributed by atoms with van der Waals surface area (Å²) < 4.78 is 54.1. The Morgan fingerprint density at radius 2 is 1.89 bits per heavy atom. The van der Waals surface area contributed by atoms with E-state index in [1.807, 2.05) is 13.8 Å². The van der Waals surface area contributed by atoms with Gasteiger partial charge in [0.1, 0.15) is 12.4 Å². The van der Waals surface area contributed by atoms with Crippen LogP contribution in [0.15, 0.2) is 41.7 Å². The molecule has 3 aromatic rings. The van der Waals surface area contributed by atoms with Gasteiger partial charge >= 0.3 is 18.4 Å². The highest BCUT2D eigenvalue weighted by Crippen LogP contribution is 2.30. The molecule has 3 rings (SSSR count). The number of imidazole rings is 1. The number of carbonyl (C=O) groups is 2. The zero-order valence-electron chi connectivity index (χ0n) is 21.4. The van der Waals surface area contributed by atoms with Crippen LogP contribution in [-0.2, 0) is 15.2 Å². The maximum Gasteiger partial charge on any atom is 0.508 e. The van der Waals surface area contributed by atoms with Crippen molar-refractivity contribution in [2.45, 2.75) is 50.8 Å². The molecule has 2 heterocycles. The molecule has 0 spiro atoms. The van der Waals surface area contributed by atoms with Crippen LogP contribution in [0, 0.1) is 6.92 Å². The van der Waals surface area contributed by atoms with E-state index in [1.54, 1.807) is 43.0 Å². The smallest absolute Gasteiger partial charge is 0.484 e. The number of aromatic nitrogens is 3. The fourth-order valence-electron chi connectivity index (χ4n) is 3.53. The highest BCUT2D eigenvalue weighted by Gasteiger charge is 2.29. The number of halogens is 3. The van der Waals surface area contributed by atoms with Crippen molar-refractivity contribution in [3.8, 4) is 5.75 Å². The molecule has 9 nitrogen and oxygen atoms in total. The first-order valence-electron chi connectivity index (χ1n) is 11.9. The molecule has 0 radical (unpaired) electrons. The van der Waals surface area contributed by atoms with Gasteiger partial charge in [-0.15, -0.1) is 0 Å². The van der Waals surface area contributed by atoms with Crippen molar-refractivity contribution in [1.29, 1.82) is 0 Å². The van der Waals surface area contributed by atoms with Gasteiger partial charge in [0.15, 0.2) is 11.8 Å². The summed E-state index contributed by atoms with van der Waals surface area (Å²) in [4.78, 5) is 35.7. The van der Waals surface area contributed by atoms with Crippen molar-refractivity contribution in [3.63, 3.8) is 0 Å². The molecular weight excluding hydrogens is 525 g/mol. The third-order valence-corrected chi connectivity index (χ3v) is 6.34. The van der Waals surface area contributed by atoms with Crippen LogP contribution in [0.4, 0.5) is 22.8 Å². The SMILES string of the molecule is CCOC(=O)OCCN(C(=O)n1c(SCc2nccc(OCC(F)(F)F)c2C)nc2ccccc21)C(C)C. The summed E-state index contributed by atoms with van der Waals surface area (Å²) in [7, 11) is 0. The van der Waals surface area contributed by atoms with Crippen molar-refractivity contribution in [3.05, 3.63) is 47.8 Å². The van der Waals surface area contributed by atoms with Crippen LogP contribution in [0.1, 0.15) is 32.0 Å². The normalized spacial score (nSPS) is 11.6. The molecule has 0 bridgehead atoms. The molecule has 0 aliphatic carbocycles. The second-order valence-electron chi connectivity index (χ2n) is 8.39. The average molecular weight is 555 g/mol. The van der Waals surface area contributed by atoms with Gasteiger partial charge in [-0.1, -0.05) is 23.9 Å². The van der Waals surface area contributed by atoms with E-state index in [0.29, 0.717) is 27.4 Å². The number of pyridine rings is 1. The Labute approximate surface area is 222 Å². The van der Waals surface area contributed by atoms with Crippen molar-refractivity contribution >= 4 is 35.0 Å². The molecule has 0 fully saturated rings. The fraction of sp³-hybridized carbons (Fsp3) is 0.440. The lowest BCUT2D eigenvalue weighted by Gasteiger charge is -2.27. The van der Waals surface area contributed by atoms with Crippen LogP contribution >= 0.6 is 11.8 Å². The molecule has 0 atom stereocenters. The number of hydrogen-bond donors (Lipinski definition) is 0. The van der Waals surface area contributed by atoms with Crippen LogP contribution in [0.5, 0.6) is 5.75 Å². The van der Waals surface area contributed by atoms with E-state index in [0.717, 1.165) is 0 Å². The summed E-state index contributed by atoms with van der Waals surface area (Å²) in [6.07, 6.45) is -3.89. The zero-order chi connectivity index (χ0) is 27.9. The molecule has 13 heteroatoms. The molecule has 0 saturated carbocycles. The number of thioether (sulfide) groups is 1. The quantitative estimate of drug-likeness (QED) is 0.228. The number of rotatable bonds is 10. The molecule has 0 aliphatic heterocycles. The molecule has 0 saturated heterocycles. The average Bonchev–Trinajstić information content (AvgIpc) is 3.22. The van der Waals surface area contributed by atoms with Crippen LogP contribution in [0.3, 0.4) is 0 Å². The molecule has 1 aromatic carbocycles. The Morgan fingerprint density at radius 3 is 2.58 bits per heavy atom. The van der Waals surface area contributed by atoms with Crippen LogP contribution in [0.25, 0.3) is 11.0 Å². The van der Waals surface area contributed by atoms with Gasteiger partial charge in [0, 0.05) is 23.6 Å². The Kier molecular flexibility index (Phi) is 9.84. The van der Waals surface area contributed by atoms with E-state index in [1.165, 1.54) is 28.6 Å². The van der Waals surface area contributed by atoms with Crippen molar-refractivity contribution in [2.75, 3.05) is 26.4 Å². The molecule has 38 heavy (non-hydrogen) atoms. The van der Waals surface area contributed by atoms with Crippen molar-refractivity contribution in [2.24, 2.45) is 0 Å². The molecule has 0 N–H and O–H groups in total. The molecule has 2 aromatic heterocycles. The van der Waals surface area contributed by atoms with Crippen molar-refractivity contribution < 1.29 is 37.0 Å². The second kappa shape index (κ2) is 12.9. The topological polar surface area (TPSA) is 95.8 Å². The van der Waals surface area contributed by atoms with E-state index in [4.69, 9.17) is 14.2 Å². The third-order valence-electron chi connectivity index (χ3n) is 5.39. The lowest BCUT2D eigenvalue weighted by atomic mass is 10.2. The lowest BCUT2D eigenvalue weighted by molar-refractivity contribution is -0.153. The molecule has 1 amide bonds. The van der Waals surface area contributed by atoms with E-state index >= 15 is 0 Å². The Balaban J connectivity index is 1.84. The number of ether oxygens (including phenoxy) is 3. The standard InChI is InChI=1S/C25H29F3N4O5S/c1-5-35-24(34)36-13-12-31(16(2)3)23(33)32-20-9-7-6-8-18(20)30-22(32)38-14-19-17(4)21(10-11-29-19)37-15-25(26,27)28/h6-11,16H,5,12-15H2,1-4H3. The predicted octanol–water partition coefficient (Wildman–Crippen LogP) is 5.82. The minimum absolute atomic E-state index is 0.0499. The monoisotopic (exact) mass is 554 g/mol. The number of nitrogens with zero attached hydrogens (tertiary/aromatic N) is 4. The van der Waals surface area contributed by atoms with Crippen LogP contribution < -0.4 is 4.74 Å². The van der Waals surface area contributed by atoms with Gasteiger partial charge in [-0.25, -0.2) is 19.1 Å². The Morgan fingerprint density at radius 1 is 1.16 bits per heavy atom. The Hall–Kier alpha value is -3.48. The molecule has 206 valence electrons. The third kappa shape index (κ3) is 7.53. The predicted molar refractivity (Wildman–Crippen MR) is 135 cm³/mol. The largest absolute Gasteiger partial charge is 0.508 e. The zero-order valence-corrected chi connectivity index (χ0v) is 22.3. The van der Waals surface area contributed by atoms with Gasteiger partial charge < -0.3 is 19.1 Å². The fourth-order valence-corrected chi connectivity index (χ4v) is 4.55. The molecule has 0 aliphatic rings. The van der Waals surface area contributed by atoms with Gasteiger partial charge in [-0.2, -0.15) is 13.2 Å². The maximum absolute atomic E-state index is 13.7. The first kappa shape index (κ1) is 29.1. The van der Waals surface area contributed by atoms with Gasteiger partial charge in [0.25, 0.3) is 0 Å². The highest BCUT2D eigenvalue weighted by atomic mass is 32.2. The van der Waals surface area contributed by atoms with Crippen LogP contribution in [-0.4, -0.2) is 70.2 Å². The van der Waals surface area contributed by atoms with Crippen molar-refractivity contribution in [1.82, 2.24) is 19.4 Å². The maximum atomic E-state index is 13.7. The van der Waals surface area contributed by atoms with E-state index < -0.39 is 18.9 Å². The lowest BCUT2D eigenvalue weighted by Crippen LogP contribution is -2.42. The number of hydrogen-bond acceptors (Lipinski definition) is 8. The summed E-state index contributed by atoms with van der Waals surface area (Å²) in [6.45, 7) is 5.83. The number of carbonyl (C=O) groups excluding carboxylic acids is 2. The highest BCUT2D eigenvalue weighted by molar-refractivity contribution is 7.98. The van der Waals surface area contributed by atoms with E-state index in [2.05, 4.69) is 9.97 Å². The van der Waals surface area contributed by atoms with E-state index in [9.17, 15) is 22.8 Å². The number of amides is 1. The van der Waals surface area contributed by atoms with Gasteiger partial charge in [-0.05, 0) is 45.9 Å².